The smallest absolute Gasteiger partial charge is 0.328 e. The molecule has 8 N–H and O–H groups in total. The fourth-order valence-electron chi connectivity index (χ4n) is 2.51. The van der Waals surface area contributed by atoms with Gasteiger partial charge in [0.25, 0.3) is 0 Å². The first-order valence-electron chi connectivity index (χ1n) is 9.50. The number of carboxylic acid groups (broad SMARTS) is 1. The van der Waals surface area contributed by atoms with E-state index in [0.717, 1.165) is 0 Å². The summed E-state index contributed by atoms with van der Waals surface area (Å²) in [6.45, 7) is 7.49. The predicted octanol–water partition coefficient (Wildman–Crippen LogP) is -2.07. The van der Waals surface area contributed by atoms with E-state index in [1.165, 1.54) is 6.92 Å². The Kier molecular flexibility index (Phi) is 11.4. The average molecular weight is 418 g/mol. The molecule has 0 saturated heterocycles. The first-order valence-corrected chi connectivity index (χ1v) is 9.50. The molecule has 0 rings (SSSR count). The summed E-state index contributed by atoms with van der Waals surface area (Å²) in [6, 6.07) is -4.91. The van der Waals surface area contributed by atoms with Gasteiger partial charge in [0.1, 0.15) is 18.1 Å². The van der Waals surface area contributed by atoms with Crippen LogP contribution in [0.5, 0.6) is 0 Å². The average Bonchev–Trinajstić information content (AvgIpc) is 2.59. The second kappa shape index (κ2) is 12.3. The van der Waals surface area contributed by atoms with E-state index < -0.39 is 66.5 Å². The number of aliphatic carboxylic acids is 1. The van der Waals surface area contributed by atoms with Crippen LogP contribution in [0.2, 0.25) is 0 Å². The van der Waals surface area contributed by atoms with Crippen molar-refractivity contribution < 1.29 is 34.5 Å². The number of nitrogens with two attached hydrogens (primary N) is 1. The molecule has 168 valence electrons. The van der Waals surface area contributed by atoms with Crippen LogP contribution in [0.25, 0.3) is 0 Å². The Labute approximate surface area is 170 Å². The Morgan fingerprint density at radius 1 is 0.862 bits per heavy atom. The van der Waals surface area contributed by atoms with Gasteiger partial charge >= 0.3 is 5.97 Å². The molecule has 29 heavy (non-hydrogen) atoms. The van der Waals surface area contributed by atoms with Gasteiger partial charge in [0.2, 0.25) is 17.7 Å². The lowest BCUT2D eigenvalue weighted by Gasteiger charge is -2.28. The third kappa shape index (κ3) is 9.20. The largest absolute Gasteiger partial charge is 0.480 e. The molecule has 0 bridgehead atoms. The van der Waals surface area contributed by atoms with Crippen molar-refractivity contribution in [3.05, 3.63) is 0 Å². The van der Waals surface area contributed by atoms with E-state index in [0.29, 0.717) is 6.42 Å². The number of amides is 3. The van der Waals surface area contributed by atoms with Crippen LogP contribution in [0, 0.1) is 11.8 Å². The Hall–Kier alpha value is -2.24. The first kappa shape index (κ1) is 26.8. The monoisotopic (exact) mass is 418 g/mol. The lowest BCUT2D eigenvalue weighted by atomic mass is 10.0. The van der Waals surface area contributed by atoms with Gasteiger partial charge < -0.3 is 37.0 Å². The van der Waals surface area contributed by atoms with Crippen LogP contribution < -0.4 is 21.7 Å². The Morgan fingerprint density at radius 3 is 1.72 bits per heavy atom. The third-order valence-electron chi connectivity index (χ3n) is 4.17. The Morgan fingerprint density at radius 2 is 1.34 bits per heavy atom. The topological polar surface area (TPSA) is 191 Å². The highest BCUT2D eigenvalue weighted by Gasteiger charge is 2.33. The summed E-state index contributed by atoms with van der Waals surface area (Å²) in [4.78, 5) is 48.2. The summed E-state index contributed by atoms with van der Waals surface area (Å²) >= 11 is 0. The van der Waals surface area contributed by atoms with Crippen LogP contribution in [0.3, 0.4) is 0 Å². The van der Waals surface area contributed by atoms with E-state index in [4.69, 9.17) is 15.9 Å². The molecular weight excluding hydrogens is 384 g/mol. The molecule has 0 radical (unpaired) electrons. The van der Waals surface area contributed by atoms with Gasteiger partial charge in [0.15, 0.2) is 0 Å². The van der Waals surface area contributed by atoms with E-state index >= 15 is 0 Å². The number of aliphatic hydroxyl groups excluding tert-OH is 2. The second-order valence-corrected chi connectivity index (χ2v) is 7.78. The number of carbonyl (C=O) groups excluding carboxylic acids is 3. The quantitative estimate of drug-likeness (QED) is 0.188. The van der Waals surface area contributed by atoms with Crippen LogP contribution in [0.4, 0.5) is 0 Å². The van der Waals surface area contributed by atoms with E-state index in [2.05, 4.69) is 16.0 Å². The summed E-state index contributed by atoms with van der Waals surface area (Å²) in [5.74, 6) is -3.98. The fourth-order valence-corrected chi connectivity index (χ4v) is 2.51. The normalized spacial score (nSPS) is 16.5. The molecule has 0 aliphatic rings. The molecule has 11 nitrogen and oxygen atoms in total. The number of hydrogen-bond donors (Lipinski definition) is 7. The number of hydrogen-bond acceptors (Lipinski definition) is 7. The number of carbonyl (C=O) groups is 4. The minimum atomic E-state index is -1.53. The van der Waals surface area contributed by atoms with Crippen molar-refractivity contribution in [2.45, 2.75) is 71.3 Å². The van der Waals surface area contributed by atoms with Crippen molar-refractivity contribution in [3.8, 4) is 0 Å². The zero-order valence-electron chi connectivity index (χ0n) is 17.5. The fraction of sp³-hybridized carbons (Fsp3) is 0.778. The maximum Gasteiger partial charge on any atom is 0.328 e. The molecule has 0 aromatic rings. The highest BCUT2D eigenvalue weighted by atomic mass is 16.4. The molecule has 5 atom stereocenters. The van der Waals surface area contributed by atoms with Crippen LogP contribution in [-0.4, -0.2) is 75.9 Å². The minimum Gasteiger partial charge on any atom is -0.480 e. The molecule has 0 spiro atoms. The molecule has 3 amide bonds. The maximum absolute atomic E-state index is 12.6. The molecule has 0 aromatic heterocycles. The van der Waals surface area contributed by atoms with Crippen molar-refractivity contribution in [3.63, 3.8) is 0 Å². The Bertz CT molecular complexity index is 581. The van der Waals surface area contributed by atoms with Gasteiger partial charge in [-0.1, -0.05) is 27.7 Å². The van der Waals surface area contributed by atoms with Gasteiger partial charge in [-0.25, -0.2) is 4.79 Å². The zero-order valence-corrected chi connectivity index (χ0v) is 17.5. The molecule has 0 aliphatic heterocycles. The molecule has 0 heterocycles. The predicted molar refractivity (Wildman–Crippen MR) is 104 cm³/mol. The van der Waals surface area contributed by atoms with Crippen molar-refractivity contribution >= 4 is 23.7 Å². The van der Waals surface area contributed by atoms with Crippen molar-refractivity contribution in [1.82, 2.24) is 16.0 Å². The third-order valence-corrected chi connectivity index (χ3v) is 4.17. The van der Waals surface area contributed by atoms with E-state index in [-0.39, 0.29) is 5.92 Å². The number of aliphatic hydroxyl groups is 2. The summed E-state index contributed by atoms with van der Waals surface area (Å²) in [5.41, 5.74) is 5.79. The summed E-state index contributed by atoms with van der Waals surface area (Å²) in [6.07, 6.45) is -0.889. The Balaban J connectivity index is 5.25. The van der Waals surface area contributed by atoms with Crippen LogP contribution in [0.15, 0.2) is 0 Å². The number of rotatable bonds is 12. The van der Waals surface area contributed by atoms with Gasteiger partial charge in [-0.3, -0.25) is 14.4 Å². The van der Waals surface area contributed by atoms with E-state index in [1.807, 2.05) is 13.8 Å². The molecule has 0 fully saturated rings. The van der Waals surface area contributed by atoms with Crippen molar-refractivity contribution in [2.75, 3.05) is 6.61 Å². The van der Waals surface area contributed by atoms with Crippen molar-refractivity contribution in [2.24, 2.45) is 17.6 Å². The second-order valence-electron chi connectivity index (χ2n) is 7.78. The van der Waals surface area contributed by atoms with Gasteiger partial charge in [-0.15, -0.1) is 0 Å². The molecule has 0 aliphatic carbocycles. The van der Waals surface area contributed by atoms with Crippen LogP contribution in [0.1, 0.15) is 41.0 Å². The first-order chi connectivity index (χ1) is 13.3. The van der Waals surface area contributed by atoms with Crippen LogP contribution >= 0.6 is 0 Å². The summed E-state index contributed by atoms with van der Waals surface area (Å²) in [7, 11) is 0. The number of carboxylic acids is 1. The molecule has 11 heteroatoms. The highest BCUT2D eigenvalue weighted by molar-refractivity contribution is 5.94. The van der Waals surface area contributed by atoms with Gasteiger partial charge in [-0.2, -0.15) is 0 Å². The minimum absolute atomic E-state index is 0.150. The van der Waals surface area contributed by atoms with E-state index in [1.54, 1.807) is 13.8 Å². The van der Waals surface area contributed by atoms with Crippen LogP contribution in [-0.2, 0) is 19.2 Å². The van der Waals surface area contributed by atoms with Gasteiger partial charge in [-0.05, 0) is 25.2 Å². The maximum atomic E-state index is 12.6. The van der Waals surface area contributed by atoms with E-state index in [9.17, 15) is 24.3 Å². The van der Waals surface area contributed by atoms with Gasteiger partial charge in [0.05, 0.1) is 18.8 Å². The highest BCUT2D eigenvalue weighted by Crippen LogP contribution is 2.06. The van der Waals surface area contributed by atoms with Crippen molar-refractivity contribution in [1.29, 1.82) is 0 Å². The number of nitrogens with one attached hydrogen (secondary N) is 3. The standard InChI is InChI=1S/C18H34N4O7/c1-8(2)6-11(19)15(25)22-14(10(5)24)17(27)21-13(9(3)4)16(26)20-12(7-23)18(28)29/h8-14,23-24H,6-7,19H2,1-5H3,(H,20,26)(H,21,27)(H,22,25)(H,28,29). The zero-order chi connectivity index (χ0) is 22.9. The lowest BCUT2D eigenvalue weighted by Crippen LogP contribution is -2.61. The SMILES string of the molecule is CC(C)CC(N)C(=O)NC(C(=O)NC(C(=O)NC(CO)C(=O)O)C(C)C)C(C)O. The molecule has 0 aromatic carbocycles. The summed E-state index contributed by atoms with van der Waals surface area (Å²) < 4.78 is 0. The lowest BCUT2D eigenvalue weighted by molar-refractivity contribution is -0.143. The van der Waals surface area contributed by atoms with Gasteiger partial charge in [0, 0.05) is 0 Å². The molecule has 0 saturated carbocycles. The summed E-state index contributed by atoms with van der Waals surface area (Å²) in [5, 5.41) is 34.8. The molecule has 5 unspecified atom stereocenters. The molecular formula is C18H34N4O7.